The maximum Gasteiger partial charge on any atom is 0.323 e. The van der Waals surface area contributed by atoms with E-state index in [0.717, 1.165) is 12.8 Å². The van der Waals surface area contributed by atoms with Gasteiger partial charge in [-0.1, -0.05) is 0 Å². The van der Waals surface area contributed by atoms with Crippen molar-refractivity contribution < 1.29 is 28.4 Å². The molecule has 0 amide bonds. The molecular formula is C23H39N8O6P. The molecule has 5 N–H and O–H groups in total. The highest BCUT2D eigenvalue weighted by Crippen LogP contribution is 2.38. The Hall–Kier alpha value is -2.80. The van der Waals surface area contributed by atoms with Crippen molar-refractivity contribution in [1.82, 2.24) is 29.7 Å². The number of hydrogen-bond donors (Lipinski definition) is 4. The second-order valence-electron chi connectivity index (χ2n) is 9.91. The summed E-state index contributed by atoms with van der Waals surface area (Å²) in [4.78, 5) is 37.6. The van der Waals surface area contributed by atoms with Crippen LogP contribution in [0.3, 0.4) is 0 Å². The number of ether oxygens (including phenoxy) is 3. The van der Waals surface area contributed by atoms with Crippen molar-refractivity contribution in [2.24, 2.45) is 0 Å². The molecule has 14 nitrogen and oxygen atoms in total. The van der Waals surface area contributed by atoms with Crippen LogP contribution in [0.25, 0.3) is 11.2 Å². The fourth-order valence-electron chi connectivity index (χ4n) is 3.51. The van der Waals surface area contributed by atoms with E-state index in [1.807, 2.05) is 0 Å². The van der Waals surface area contributed by atoms with E-state index in [4.69, 9.17) is 19.9 Å². The molecule has 15 heteroatoms. The molecule has 0 radical (unpaired) electrons. The third kappa shape index (κ3) is 8.62. The van der Waals surface area contributed by atoms with Gasteiger partial charge < -0.3 is 29.8 Å². The molecule has 38 heavy (non-hydrogen) atoms. The zero-order valence-corrected chi connectivity index (χ0v) is 23.7. The quantitative estimate of drug-likeness (QED) is 0.142. The molecule has 0 spiro atoms. The number of nitrogen functional groups attached to an aromatic ring is 1. The highest BCUT2D eigenvalue weighted by molar-refractivity contribution is 7.59. The number of hydrogen-bond acceptors (Lipinski definition) is 11. The molecule has 1 fully saturated rings. The van der Waals surface area contributed by atoms with Gasteiger partial charge in [0.15, 0.2) is 17.0 Å². The lowest BCUT2D eigenvalue weighted by Crippen LogP contribution is -2.43. The van der Waals surface area contributed by atoms with Crippen molar-refractivity contribution in [2.45, 2.75) is 91.3 Å². The van der Waals surface area contributed by atoms with Gasteiger partial charge in [-0.3, -0.25) is 14.2 Å². The highest BCUT2D eigenvalue weighted by Gasteiger charge is 2.32. The highest BCUT2D eigenvalue weighted by atomic mass is 31.2. The number of fused-ring (bicyclic) bond motifs is 1. The second-order valence-corrected chi connectivity index (χ2v) is 12.2. The zero-order chi connectivity index (χ0) is 28.0. The lowest BCUT2D eigenvalue weighted by molar-refractivity contribution is -0.149. The van der Waals surface area contributed by atoms with Crippen molar-refractivity contribution in [2.75, 3.05) is 24.0 Å². The summed E-state index contributed by atoms with van der Waals surface area (Å²) >= 11 is 0. The predicted octanol–water partition coefficient (Wildman–Crippen LogP) is 2.01. The summed E-state index contributed by atoms with van der Waals surface area (Å²) in [5.74, 6) is -0.419. The topological polar surface area (TPSA) is 185 Å². The van der Waals surface area contributed by atoms with Crippen molar-refractivity contribution in [3.05, 3.63) is 6.33 Å². The summed E-state index contributed by atoms with van der Waals surface area (Å²) in [5.41, 5.74) is 7.06. The maximum absolute atomic E-state index is 13.8. The van der Waals surface area contributed by atoms with Crippen LogP contribution in [0, 0.1) is 0 Å². The maximum atomic E-state index is 13.8. The van der Waals surface area contributed by atoms with E-state index in [9.17, 15) is 14.2 Å². The van der Waals surface area contributed by atoms with Crippen molar-refractivity contribution in [1.29, 1.82) is 0 Å². The molecule has 1 aliphatic carbocycles. The summed E-state index contributed by atoms with van der Waals surface area (Å²) in [6.45, 7) is 10.4. The molecule has 0 aromatic carbocycles. The van der Waals surface area contributed by atoms with Gasteiger partial charge in [0.05, 0.1) is 25.1 Å². The number of rotatable bonds is 15. The number of nitrogens with zero attached hydrogens (tertiary/aromatic N) is 4. The molecule has 0 saturated heterocycles. The van der Waals surface area contributed by atoms with Crippen LogP contribution in [-0.2, 0) is 34.9 Å². The number of imidazole rings is 1. The van der Waals surface area contributed by atoms with Crippen LogP contribution >= 0.6 is 7.44 Å². The summed E-state index contributed by atoms with van der Waals surface area (Å²) in [6, 6.07) is -1.46. The van der Waals surface area contributed by atoms with Crippen LogP contribution in [0.15, 0.2) is 6.33 Å². The molecule has 2 atom stereocenters. The molecule has 2 aromatic heterocycles. The van der Waals surface area contributed by atoms with E-state index in [1.54, 1.807) is 38.6 Å². The third-order valence-electron chi connectivity index (χ3n) is 5.36. The van der Waals surface area contributed by atoms with Crippen molar-refractivity contribution in [3.8, 4) is 0 Å². The number of nitrogens with one attached hydrogen (secondary N) is 3. The summed E-state index contributed by atoms with van der Waals surface area (Å²) in [6.07, 6.45) is 2.79. The van der Waals surface area contributed by atoms with E-state index in [-0.39, 0.29) is 31.1 Å². The van der Waals surface area contributed by atoms with Crippen LogP contribution < -0.4 is 21.2 Å². The number of carbonyl (C=O) groups excluding carboxylic acids is 2. The molecule has 0 aliphatic heterocycles. The Morgan fingerprint density at radius 2 is 1.63 bits per heavy atom. The summed E-state index contributed by atoms with van der Waals surface area (Å²) in [7, 11) is -3.61. The lowest BCUT2D eigenvalue weighted by atomic mass is 10.4. The lowest BCUT2D eigenvalue weighted by Gasteiger charge is -2.27. The molecule has 1 saturated carbocycles. The predicted molar refractivity (Wildman–Crippen MR) is 142 cm³/mol. The number of nitrogens with two attached hydrogens (primary N) is 1. The third-order valence-corrected chi connectivity index (χ3v) is 7.52. The van der Waals surface area contributed by atoms with Gasteiger partial charge in [-0.15, -0.1) is 0 Å². The van der Waals surface area contributed by atoms with Gasteiger partial charge in [0.25, 0.3) is 0 Å². The fraction of sp³-hybridized carbons (Fsp3) is 0.696. The van der Waals surface area contributed by atoms with E-state index in [0.29, 0.717) is 29.6 Å². The zero-order valence-electron chi connectivity index (χ0n) is 22.8. The first kappa shape index (κ1) is 29.8. The Morgan fingerprint density at radius 1 is 1.05 bits per heavy atom. The second kappa shape index (κ2) is 12.8. The monoisotopic (exact) mass is 554 g/mol. The standard InChI is InChI=1S/C23H39N8O6P/c1-13(2)36-21(32)15(5)29-38(34,30-16(6)22(33)37-14(3)4)12-35-10-9-31-11-25-18-19(26-17-7-8-17)27-23(24)28-20(18)31/h11,13-17H,7-10,12H2,1-6H3,(H2,29,30,34)(H3,24,26,27,28). The first-order valence-electron chi connectivity index (χ1n) is 12.7. The van der Waals surface area contributed by atoms with Gasteiger partial charge in [-0.25, -0.2) is 15.2 Å². The van der Waals surface area contributed by atoms with E-state index in [1.165, 1.54) is 13.8 Å². The largest absolute Gasteiger partial charge is 0.462 e. The van der Waals surface area contributed by atoms with Crippen molar-refractivity contribution >= 4 is 42.3 Å². The Bertz CT molecular complexity index is 1130. The molecule has 2 aromatic rings. The number of carbonyl (C=O) groups is 2. The molecule has 3 rings (SSSR count). The van der Waals surface area contributed by atoms with E-state index < -0.39 is 31.5 Å². The number of anilines is 2. The van der Waals surface area contributed by atoms with Crippen LogP contribution in [0.1, 0.15) is 54.4 Å². The fourth-order valence-corrected chi connectivity index (χ4v) is 5.59. The minimum Gasteiger partial charge on any atom is -0.462 e. The molecule has 2 heterocycles. The van der Waals surface area contributed by atoms with Gasteiger partial charge in [0, 0.05) is 12.6 Å². The SMILES string of the molecule is CC(C)OC(=O)C(C)NP(=O)(COCCn1cnc2c(NC3CC3)nc(N)nc21)NC(C)C(=O)OC(C)C. The van der Waals surface area contributed by atoms with Crippen LogP contribution in [0.5, 0.6) is 0 Å². The molecule has 0 bridgehead atoms. The molecular weight excluding hydrogens is 515 g/mol. The van der Waals surface area contributed by atoms with Gasteiger partial charge in [0.2, 0.25) is 13.4 Å². The summed E-state index contributed by atoms with van der Waals surface area (Å²) in [5, 5.41) is 8.86. The van der Waals surface area contributed by atoms with Gasteiger partial charge in [0.1, 0.15) is 18.4 Å². The number of aromatic nitrogens is 4. The van der Waals surface area contributed by atoms with Crippen molar-refractivity contribution in [3.63, 3.8) is 0 Å². The average molecular weight is 555 g/mol. The normalized spacial score (nSPS) is 16.8. The van der Waals surface area contributed by atoms with Gasteiger partial charge in [-0.2, -0.15) is 9.97 Å². The molecule has 212 valence electrons. The van der Waals surface area contributed by atoms with E-state index >= 15 is 0 Å². The Kier molecular flexibility index (Phi) is 10.0. The van der Waals surface area contributed by atoms with Gasteiger partial charge in [-0.05, 0) is 54.4 Å². The molecule has 2 unspecified atom stereocenters. The Labute approximate surface area is 222 Å². The van der Waals surface area contributed by atoms with Crippen LogP contribution in [0.4, 0.5) is 11.8 Å². The first-order valence-corrected chi connectivity index (χ1v) is 14.6. The van der Waals surface area contributed by atoms with Crippen LogP contribution in [-0.4, -0.2) is 74.7 Å². The Morgan fingerprint density at radius 3 is 2.16 bits per heavy atom. The minimum absolute atomic E-state index is 0.130. The van der Waals surface area contributed by atoms with Gasteiger partial charge >= 0.3 is 11.9 Å². The summed E-state index contributed by atoms with van der Waals surface area (Å²) < 4.78 is 31.7. The molecule has 1 aliphatic rings. The van der Waals surface area contributed by atoms with E-state index in [2.05, 4.69) is 30.4 Å². The Balaban J connectivity index is 1.65. The van der Waals surface area contributed by atoms with Crippen LogP contribution in [0.2, 0.25) is 0 Å². The smallest absolute Gasteiger partial charge is 0.323 e. The first-order chi connectivity index (χ1) is 17.9. The minimum atomic E-state index is -3.61. The average Bonchev–Trinajstić information content (AvgIpc) is 3.53. The number of esters is 2.